The Morgan fingerprint density at radius 3 is 2.30 bits per heavy atom. The van der Waals surface area contributed by atoms with Gasteiger partial charge in [0.05, 0.1) is 29.0 Å². The zero-order chi connectivity index (χ0) is 47.1. The molecule has 5 aromatic rings. The summed E-state index contributed by atoms with van der Waals surface area (Å²) in [5.41, 5.74) is 5.49. The van der Waals surface area contributed by atoms with Crippen molar-refractivity contribution in [3.63, 3.8) is 0 Å². The van der Waals surface area contributed by atoms with Crippen LogP contribution in [-0.2, 0) is 25.7 Å². The number of aromatic nitrogens is 3. The maximum Gasteiger partial charge on any atom is 0.262 e. The number of amides is 6. The molecule has 5 N–H and O–H groups in total. The van der Waals surface area contributed by atoms with Gasteiger partial charge in [-0.15, -0.1) is 0 Å². The molecule has 0 spiro atoms. The Labute approximate surface area is 389 Å². The summed E-state index contributed by atoms with van der Waals surface area (Å²) in [5.74, 6) is -1.74. The molecular formula is C51H56N10O6. The van der Waals surface area contributed by atoms with Crippen molar-refractivity contribution in [2.45, 2.75) is 95.7 Å². The molecule has 1 unspecified atom stereocenters. The summed E-state index contributed by atoms with van der Waals surface area (Å²) in [6, 6.07) is 26.3. The Morgan fingerprint density at radius 2 is 1.57 bits per heavy atom. The second-order valence-corrected chi connectivity index (χ2v) is 17.0. The molecule has 0 radical (unpaired) electrons. The van der Waals surface area contributed by atoms with Crippen molar-refractivity contribution in [3.8, 4) is 17.2 Å². The number of unbranched alkanes of at least 4 members (excludes halogenated alkanes) is 5. The van der Waals surface area contributed by atoms with Crippen LogP contribution in [0.5, 0.6) is 0 Å². The zero-order valence-electron chi connectivity index (χ0n) is 37.6. The van der Waals surface area contributed by atoms with Crippen molar-refractivity contribution < 1.29 is 28.8 Å². The van der Waals surface area contributed by atoms with Crippen LogP contribution in [0.3, 0.4) is 0 Å². The molecule has 1 saturated heterocycles. The van der Waals surface area contributed by atoms with Gasteiger partial charge in [0.1, 0.15) is 17.9 Å². The summed E-state index contributed by atoms with van der Waals surface area (Å²) in [5, 5.41) is 28.5. The molecule has 3 atom stereocenters. The van der Waals surface area contributed by atoms with Crippen LogP contribution >= 0.6 is 0 Å². The van der Waals surface area contributed by atoms with Gasteiger partial charge in [0.25, 0.3) is 11.8 Å². The lowest BCUT2D eigenvalue weighted by Gasteiger charge is -2.27. The number of nitriles is 1. The molecule has 6 amide bonds. The molecule has 346 valence electrons. The number of nitrogens with zero attached hydrogens (tertiary/aromatic N) is 5. The first-order valence-electron chi connectivity index (χ1n) is 23.0. The first kappa shape index (κ1) is 47.5. The Hall–Kier alpha value is -7.51. The quantitative estimate of drug-likeness (QED) is 0.0346. The fourth-order valence-electron chi connectivity index (χ4n) is 8.27. The highest BCUT2D eigenvalue weighted by Gasteiger charge is 2.44. The molecule has 16 nitrogen and oxygen atoms in total. The highest BCUT2D eigenvalue weighted by Crippen LogP contribution is 2.30. The van der Waals surface area contributed by atoms with Gasteiger partial charge >= 0.3 is 0 Å². The fraction of sp³-hybridized carbons (Fsp3) is 0.353. The van der Waals surface area contributed by atoms with Gasteiger partial charge in [0, 0.05) is 68.2 Å². The third kappa shape index (κ3) is 12.6. The SMILES string of the molecule is C[C@H](CN[C@@H](C(=O)Nc1ccc(-c2cnn(CCCC(=O)NCCCCCCCCNc3ccc4c(c3)C(=O)N(C3CCC(=O)NC3=O)C4=O)c2)cn1)c1ccccc1)c1ccc(C#N)cc1. The van der Waals surface area contributed by atoms with Gasteiger partial charge in [-0.2, -0.15) is 10.4 Å². The third-order valence-electron chi connectivity index (χ3n) is 12.1. The number of aryl methyl sites for hydroxylation is 1. The summed E-state index contributed by atoms with van der Waals surface area (Å²) < 4.78 is 1.82. The van der Waals surface area contributed by atoms with E-state index in [9.17, 15) is 28.8 Å². The van der Waals surface area contributed by atoms with Gasteiger partial charge < -0.3 is 21.3 Å². The Bertz CT molecular complexity index is 2590. The summed E-state index contributed by atoms with van der Waals surface area (Å²) in [4.78, 5) is 81.4. The number of rotatable bonds is 23. The lowest BCUT2D eigenvalue weighted by Crippen LogP contribution is -2.54. The van der Waals surface area contributed by atoms with E-state index in [0.717, 1.165) is 71.4 Å². The standard InChI is InChI=1S/C51H56N10O6/c1-34(36-17-15-35(29-52)16-18-36)30-56-47(37-12-7-6-8-13-37)49(65)58-44-23-19-38(31-55-44)39-32-57-60(33-39)27-11-14-45(62)54-26-10-5-3-2-4-9-25-53-40-20-21-41-42(28-40)51(67)61(50(41)66)43-22-24-46(63)59-48(43)64/h6-8,12-13,15-21,23,28,31-34,43,47,53,56H,2-5,9-11,14,22,24-27,30H2,1H3,(H,54,62)(H,55,58,65)(H,59,63,64)/t34-,43?,47-/m1/s1. The molecule has 2 aliphatic heterocycles. The number of hydrogen-bond acceptors (Lipinski definition) is 11. The van der Waals surface area contributed by atoms with Crippen molar-refractivity contribution in [2.24, 2.45) is 0 Å². The van der Waals surface area contributed by atoms with Crippen molar-refractivity contribution in [3.05, 3.63) is 131 Å². The second-order valence-electron chi connectivity index (χ2n) is 17.0. The molecular weight excluding hydrogens is 849 g/mol. The maximum atomic E-state index is 13.6. The first-order valence-corrected chi connectivity index (χ1v) is 23.0. The average Bonchev–Trinajstić information content (AvgIpc) is 3.91. The third-order valence-corrected chi connectivity index (χ3v) is 12.1. The first-order chi connectivity index (χ1) is 32.6. The van der Waals surface area contributed by atoms with E-state index in [1.54, 1.807) is 48.8 Å². The lowest BCUT2D eigenvalue weighted by molar-refractivity contribution is -0.136. The molecule has 2 aromatic heterocycles. The maximum absolute atomic E-state index is 13.6. The Balaban J connectivity index is 0.743. The second kappa shape index (κ2) is 23.1. The molecule has 2 aliphatic rings. The molecule has 7 rings (SSSR count). The molecule has 4 heterocycles. The molecule has 0 aliphatic carbocycles. The van der Waals surface area contributed by atoms with E-state index >= 15 is 0 Å². The van der Waals surface area contributed by atoms with Gasteiger partial charge in [-0.25, -0.2) is 4.98 Å². The number of anilines is 2. The monoisotopic (exact) mass is 904 g/mol. The normalized spacial score (nSPS) is 15.3. The predicted octanol–water partition coefficient (Wildman–Crippen LogP) is 6.64. The van der Waals surface area contributed by atoms with E-state index in [1.165, 1.54) is 0 Å². The van der Waals surface area contributed by atoms with Gasteiger partial charge in [-0.3, -0.25) is 43.7 Å². The number of fused-ring (bicyclic) bond motifs is 1. The molecule has 67 heavy (non-hydrogen) atoms. The molecule has 1 fully saturated rings. The number of carbonyl (C=O) groups is 6. The molecule has 16 heteroatoms. The number of hydrogen-bond donors (Lipinski definition) is 5. The van der Waals surface area contributed by atoms with Crippen LogP contribution in [0, 0.1) is 11.3 Å². The predicted molar refractivity (Wildman–Crippen MR) is 252 cm³/mol. The largest absolute Gasteiger partial charge is 0.385 e. The smallest absolute Gasteiger partial charge is 0.262 e. The van der Waals surface area contributed by atoms with Gasteiger partial charge in [0.15, 0.2) is 0 Å². The number of pyridine rings is 1. The van der Waals surface area contributed by atoms with Gasteiger partial charge in [0.2, 0.25) is 23.6 Å². The van der Waals surface area contributed by atoms with Gasteiger partial charge in [-0.1, -0.05) is 75.1 Å². The number of piperidine rings is 1. The summed E-state index contributed by atoms with van der Waals surface area (Å²) in [6.07, 6.45) is 12.6. The van der Waals surface area contributed by atoms with E-state index in [2.05, 4.69) is 49.7 Å². The van der Waals surface area contributed by atoms with E-state index in [-0.39, 0.29) is 41.7 Å². The van der Waals surface area contributed by atoms with Crippen molar-refractivity contribution in [1.29, 1.82) is 5.26 Å². The van der Waals surface area contributed by atoms with Crippen LogP contribution in [0.15, 0.2) is 104 Å². The number of benzene rings is 3. The average molecular weight is 905 g/mol. The Morgan fingerprint density at radius 1 is 0.821 bits per heavy atom. The summed E-state index contributed by atoms with van der Waals surface area (Å²) in [6.45, 7) is 4.56. The lowest BCUT2D eigenvalue weighted by atomic mass is 9.98. The number of imide groups is 2. The van der Waals surface area contributed by atoms with Crippen molar-refractivity contribution in [1.82, 2.24) is 35.6 Å². The minimum Gasteiger partial charge on any atom is -0.385 e. The van der Waals surface area contributed by atoms with E-state index in [1.807, 2.05) is 59.4 Å². The van der Waals surface area contributed by atoms with Crippen LogP contribution in [0.4, 0.5) is 11.5 Å². The number of carbonyl (C=O) groups excluding carboxylic acids is 6. The Kier molecular flexibility index (Phi) is 16.4. The highest BCUT2D eigenvalue weighted by molar-refractivity contribution is 6.23. The van der Waals surface area contributed by atoms with Crippen LogP contribution in [-0.4, -0.2) is 80.8 Å². The molecule has 0 bridgehead atoms. The fourth-order valence-corrected chi connectivity index (χ4v) is 8.27. The number of nitrogens with one attached hydrogen (secondary N) is 5. The van der Waals surface area contributed by atoms with E-state index in [4.69, 9.17) is 5.26 Å². The molecule has 3 aromatic carbocycles. The zero-order valence-corrected chi connectivity index (χ0v) is 37.6. The van der Waals surface area contributed by atoms with Gasteiger partial charge in [-0.05, 0) is 85.2 Å². The van der Waals surface area contributed by atoms with Crippen LogP contribution in [0.2, 0.25) is 0 Å². The van der Waals surface area contributed by atoms with Crippen molar-refractivity contribution in [2.75, 3.05) is 30.3 Å². The molecule has 0 saturated carbocycles. The summed E-state index contributed by atoms with van der Waals surface area (Å²) >= 11 is 0. The van der Waals surface area contributed by atoms with Crippen LogP contribution < -0.4 is 26.6 Å². The van der Waals surface area contributed by atoms with Crippen LogP contribution in [0.25, 0.3) is 11.1 Å². The van der Waals surface area contributed by atoms with Crippen molar-refractivity contribution >= 4 is 46.9 Å². The van der Waals surface area contributed by atoms with Crippen LogP contribution in [0.1, 0.15) is 120 Å². The minimum atomic E-state index is -0.984. The minimum absolute atomic E-state index is 0.0205. The van der Waals surface area contributed by atoms with E-state index in [0.29, 0.717) is 50.4 Å². The van der Waals surface area contributed by atoms with E-state index < -0.39 is 35.7 Å². The highest BCUT2D eigenvalue weighted by atomic mass is 16.2. The summed E-state index contributed by atoms with van der Waals surface area (Å²) in [7, 11) is 0. The topological polar surface area (TPSA) is 220 Å².